The first-order valence-electron chi connectivity index (χ1n) is 8.34. The SMILES string of the molecule is CCS(=O)(=O)c1ccc(N2CCCN(c3ccccn3)CC2)cc1. The van der Waals surface area contributed by atoms with Crippen molar-refractivity contribution in [3.05, 3.63) is 48.7 Å². The second-order valence-corrected chi connectivity index (χ2v) is 8.19. The molecule has 1 aromatic carbocycles. The van der Waals surface area contributed by atoms with E-state index < -0.39 is 9.84 Å². The van der Waals surface area contributed by atoms with E-state index in [1.807, 2.05) is 36.5 Å². The van der Waals surface area contributed by atoms with Gasteiger partial charge in [-0.15, -0.1) is 0 Å². The Balaban J connectivity index is 1.70. The van der Waals surface area contributed by atoms with E-state index in [1.54, 1.807) is 19.1 Å². The van der Waals surface area contributed by atoms with Crippen LogP contribution in [0, 0.1) is 0 Å². The lowest BCUT2D eigenvalue weighted by molar-refractivity contribution is 0.597. The maximum atomic E-state index is 11.9. The molecule has 1 fully saturated rings. The van der Waals surface area contributed by atoms with Crippen LogP contribution in [0.3, 0.4) is 0 Å². The van der Waals surface area contributed by atoms with E-state index >= 15 is 0 Å². The highest BCUT2D eigenvalue weighted by Crippen LogP contribution is 2.21. The largest absolute Gasteiger partial charge is 0.370 e. The van der Waals surface area contributed by atoms with Gasteiger partial charge in [0.1, 0.15) is 5.82 Å². The molecule has 0 unspecified atom stereocenters. The topological polar surface area (TPSA) is 53.5 Å². The predicted octanol–water partition coefficient (Wildman–Crippen LogP) is 2.59. The molecule has 0 bridgehead atoms. The molecule has 1 aliphatic rings. The maximum absolute atomic E-state index is 11.9. The van der Waals surface area contributed by atoms with Crippen LogP contribution in [-0.2, 0) is 9.84 Å². The van der Waals surface area contributed by atoms with Gasteiger partial charge in [-0.1, -0.05) is 13.0 Å². The van der Waals surface area contributed by atoms with Gasteiger partial charge in [-0.2, -0.15) is 0 Å². The molecule has 24 heavy (non-hydrogen) atoms. The number of benzene rings is 1. The monoisotopic (exact) mass is 345 g/mol. The van der Waals surface area contributed by atoms with Crippen LogP contribution in [0.15, 0.2) is 53.6 Å². The Kier molecular flexibility index (Phi) is 5.04. The summed E-state index contributed by atoms with van der Waals surface area (Å²) in [5, 5.41) is 0. The van der Waals surface area contributed by atoms with Gasteiger partial charge >= 0.3 is 0 Å². The number of nitrogens with zero attached hydrogens (tertiary/aromatic N) is 3. The molecule has 6 heteroatoms. The highest BCUT2D eigenvalue weighted by atomic mass is 32.2. The summed E-state index contributed by atoms with van der Waals surface area (Å²) in [6.07, 6.45) is 2.87. The van der Waals surface area contributed by atoms with Crippen molar-refractivity contribution in [1.29, 1.82) is 0 Å². The van der Waals surface area contributed by atoms with E-state index in [-0.39, 0.29) is 5.75 Å². The van der Waals surface area contributed by atoms with Crippen LogP contribution in [0.25, 0.3) is 0 Å². The Bertz CT molecular complexity index is 761. The zero-order valence-corrected chi connectivity index (χ0v) is 14.7. The van der Waals surface area contributed by atoms with Gasteiger partial charge in [-0.25, -0.2) is 13.4 Å². The van der Waals surface area contributed by atoms with Gasteiger partial charge in [0.05, 0.1) is 10.6 Å². The number of anilines is 2. The molecule has 1 aromatic heterocycles. The summed E-state index contributed by atoms with van der Waals surface area (Å²) in [5.74, 6) is 1.15. The number of rotatable bonds is 4. The van der Waals surface area contributed by atoms with Crippen LogP contribution < -0.4 is 9.80 Å². The Morgan fingerprint density at radius 3 is 2.33 bits per heavy atom. The van der Waals surface area contributed by atoms with E-state index in [0.717, 1.165) is 44.1 Å². The van der Waals surface area contributed by atoms with Crippen LogP contribution >= 0.6 is 0 Å². The lowest BCUT2D eigenvalue weighted by Crippen LogP contribution is -2.31. The molecule has 2 aromatic rings. The first-order valence-corrected chi connectivity index (χ1v) is 9.99. The van der Waals surface area contributed by atoms with E-state index in [4.69, 9.17) is 0 Å². The van der Waals surface area contributed by atoms with Crippen molar-refractivity contribution in [3.8, 4) is 0 Å². The lowest BCUT2D eigenvalue weighted by Gasteiger charge is -2.24. The molecule has 0 amide bonds. The van der Waals surface area contributed by atoms with Gasteiger partial charge < -0.3 is 9.80 Å². The number of hydrogen-bond donors (Lipinski definition) is 0. The third-order valence-corrected chi connectivity index (χ3v) is 6.16. The van der Waals surface area contributed by atoms with Crippen molar-refractivity contribution in [2.75, 3.05) is 41.7 Å². The Morgan fingerprint density at radius 1 is 0.958 bits per heavy atom. The number of sulfone groups is 1. The zero-order chi connectivity index (χ0) is 17.0. The summed E-state index contributed by atoms with van der Waals surface area (Å²) in [7, 11) is -3.13. The Morgan fingerprint density at radius 2 is 1.67 bits per heavy atom. The van der Waals surface area contributed by atoms with Gasteiger partial charge in [-0.05, 0) is 42.8 Å². The molecule has 128 valence electrons. The summed E-state index contributed by atoms with van der Waals surface area (Å²) >= 11 is 0. The van der Waals surface area contributed by atoms with Crippen LogP contribution in [0.5, 0.6) is 0 Å². The third-order valence-electron chi connectivity index (χ3n) is 4.41. The van der Waals surface area contributed by atoms with Crippen molar-refractivity contribution in [2.45, 2.75) is 18.2 Å². The van der Waals surface area contributed by atoms with Crippen molar-refractivity contribution >= 4 is 21.3 Å². The predicted molar refractivity (Wildman–Crippen MR) is 97.4 cm³/mol. The van der Waals surface area contributed by atoms with Crippen LogP contribution in [0.2, 0.25) is 0 Å². The molecular formula is C18H23N3O2S. The fraction of sp³-hybridized carbons (Fsp3) is 0.389. The molecule has 0 spiro atoms. The number of aromatic nitrogens is 1. The molecular weight excluding hydrogens is 322 g/mol. The molecule has 0 aliphatic carbocycles. The second kappa shape index (κ2) is 7.21. The summed E-state index contributed by atoms with van der Waals surface area (Å²) in [6.45, 7) is 5.42. The van der Waals surface area contributed by atoms with Crippen LogP contribution in [-0.4, -0.2) is 45.3 Å². The highest BCUT2D eigenvalue weighted by Gasteiger charge is 2.17. The minimum absolute atomic E-state index is 0.134. The van der Waals surface area contributed by atoms with Crippen molar-refractivity contribution in [2.24, 2.45) is 0 Å². The summed E-state index contributed by atoms with van der Waals surface area (Å²) in [6, 6.07) is 13.3. The average Bonchev–Trinajstić information content (AvgIpc) is 2.89. The average molecular weight is 345 g/mol. The van der Waals surface area contributed by atoms with Gasteiger partial charge in [0.15, 0.2) is 9.84 Å². The van der Waals surface area contributed by atoms with E-state index in [1.165, 1.54) is 0 Å². The molecule has 5 nitrogen and oxygen atoms in total. The molecule has 1 aliphatic heterocycles. The standard InChI is InChI=1S/C18H23N3O2S/c1-2-24(22,23)17-9-7-16(8-10-17)20-12-5-13-21(15-14-20)18-6-3-4-11-19-18/h3-4,6-11H,2,5,12-15H2,1H3. The maximum Gasteiger partial charge on any atom is 0.178 e. The second-order valence-electron chi connectivity index (χ2n) is 5.91. The molecule has 3 rings (SSSR count). The number of pyridine rings is 1. The summed E-state index contributed by atoms with van der Waals surface area (Å²) in [5.41, 5.74) is 1.08. The van der Waals surface area contributed by atoms with Crippen LogP contribution in [0.4, 0.5) is 11.5 Å². The molecule has 0 N–H and O–H groups in total. The Hall–Kier alpha value is -2.08. The molecule has 2 heterocycles. The first kappa shape index (κ1) is 16.8. The summed E-state index contributed by atoms with van der Waals surface area (Å²) in [4.78, 5) is 9.44. The normalized spacial score (nSPS) is 16.0. The quantitative estimate of drug-likeness (QED) is 0.852. The molecule has 1 saturated heterocycles. The highest BCUT2D eigenvalue weighted by molar-refractivity contribution is 7.91. The van der Waals surface area contributed by atoms with Crippen molar-refractivity contribution in [3.63, 3.8) is 0 Å². The minimum Gasteiger partial charge on any atom is -0.370 e. The number of hydrogen-bond acceptors (Lipinski definition) is 5. The molecule has 0 radical (unpaired) electrons. The lowest BCUT2D eigenvalue weighted by atomic mass is 10.2. The van der Waals surface area contributed by atoms with Gasteiger partial charge in [0, 0.05) is 38.1 Å². The van der Waals surface area contributed by atoms with E-state index in [9.17, 15) is 8.42 Å². The summed E-state index contributed by atoms with van der Waals surface area (Å²) < 4.78 is 23.8. The van der Waals surface area contributed by atoms with Gasteiger partial charge in [-0.3, -0.25) is 0 Å². The van der Waals surface area contributed by atoms with Gasteiger partial charge in [0.2, 0.25) is 0 Å². The van der Waals surface area contributed by atoms with Gasteiger partial charge in [0.25, 0.3) is 0 Å². The van der Waals surface area contributed by atoms with E-state index in [2.05, 4.69) is 14.8 Å². The first-order chi connectivity index (χ1) is 11.6. The third kappa shape index (κ3) is 3.70. The van der Waals surface area contributed by atoms with E-state index in [0.29, 0.717) is 4.90 Å². The smallest absolute Gasteiger partial charge is 0.178 e. The fourth-order valence-corrected chi connectivity index (χ4v) is 3.86. The van der Waals surface area contributed by atoms with Crippen LogP contribution in [0.1, 0.15) is 13.3 Å². The molecule has 0 atom stereocenters. The Labute approximate surface area is 143 Å². The minimum atomic E-state index is -3.13. The van der Waals surface area contributed by atoms with Crippen molar-refractivity contribution in [1.82, 2.24) is 4.98 Å². The van der Waals surface area contributed by atoms with Crippen molar-refractivity contribution < 1.29 is 8.42 Å². The molecule has 0 saturated carbocycles. The fourth-order valence-electron chi connectivity index (χ4n) is 2.98. The zero-order valence-electron chi connectivity index (χ0n) is 13.9.